The molecule has 0 saturated carbocycles. The smallest absolute Gasteiger partial charge is 0.305 e. The highest BCUT2D eigenvalue weighted by atomic mass is 16.5. The third-order valence-electron chi connectivity index (χ3n) is 4.13. The van der Waals surface area contributed by atoms with E-state index >= 15 is 0 Å². The molecule has 0 rings (SSSR count). The predicted molar refractivity (Wildman–Crippen MR) is 103 cm³/mol. The van der Waals surface area contributed by atoms with Crippen LogP contribution in [0.4, 0.5) is 0 Å². The number of rotatable bonds is 18. The first kappa shape index (κ1) is 25.3. The van der Waals surface area contributed by atoms with Crippen LogP contribution in [0.25, 0.3) is 0 Å². The number of Topliss-reactive ketones (excluding diaryl/α,β-unsaturated/α-hetero) is 2. The summed E-state index contributed by atoms with van der Waals surface area (Å²) in [5, 5.41) is 0. The monoisotopic (exact) mass is 384 g/mol. The Morgan fingerprint density at radius 2 is 0.852 bits per heavy atom. The van der Waals surface area contributed by atoms with Crippen LogP contribution in [-0.4, -0.2) is 36.7 Å². The van der Waals surface area contributed by atoms with E-state index < -0.39 is 0 Å². The Bertz CT molecular complexity index is 404. The lowest BCUT2D eigenvalue weighted by Crippen LogP contribution is -2.09. The Morgan fingerprint density at radius 1 is 0.481 bits per heavy atom. The van der Waals surface area contributed by atoms with Crippen molar-refractivity contribution in [2.75, 3.05) is 13.2 Å². The van der Waals surface area contributed by atoms with E-state index in [1.807, 2.05) is 0 Å². The first-order valence-electron chi connectivity index (χ1n) is 10.2. The van der Waals surface area contributed by atoms with Gasteiger partial charge in [-0.1, -0.05) is 25.7 Å². The number of ether oxygens (including phenoxy) is 2. The molecule has 0 bridgehead atoms. The van der Waals surface area contributed by atoms with Gasteiger partial charge in [-0.15, -0.1) is 0 Å². The Balaban J connectivity index is 3.38. The number of carbonyl (C=O) groups is 4. The molecule has 0 unspecified atom stereocenters. The summed E-state index contributed by atoms with van der Waals surface area (Å²) in [4.78, 5) is 44.7. The average Bonchev–Trinajstić information content (AvgIpc) is 2.59. The summed E-state index contributed by atoms with van der Waals surface area (Å²) >= 11 is 0. The first-order valence-corrected chi connectivity index (χ1v) is 10.2. The lowest BCUT2D eigenvalue weighted by atomic mass is 10.1. The van der Waals surface area contributed by atoms with Gasteiger partial charge in [0.1, 0.15) is 11.6 Å². The number of esters is 2. The van der Waals surface area contributed by atoms with Crippen LogP contribution in [0.1, 0.15) is 97.3 Å². The second kappa shape index (κ2) is 17.7. The molecule has 0 heterocycles. The summed E-state index contributed by atoms with van der Waals surface area (Å²) in [5.74, 6) is -0.136. The Morgan fingerprint density at radius 3 is 1.22 bits per heavy atom. The van der Waals surface area contributed by atoms with Gasteiger partial charge in [-0.2, -0.15) is 0 Å². The van der Waals surface area contributed by atoms with Crippen molar-refractivity contribution in [3.8, 4) is 0 Å². The SMILES string of the molecule is CC(=O)CCCCCCOC(=O)CCCC(=O)OCCCCCCC(C)=O. The fourth-order valence-electron chi connectivity index (χ4n) is 2.55. The number of hydrogen-bond donors (Lipinski definition) is 0. The van der Waals surface area contributed by atoms with Gasteiger partial charge in [0, 0.05) is 25.7 Å². The molecule has 0 aliphatic rings. The molecule has 156 valence electrons. The lowest BCUT2D eigenvalue weighted by molar-refractivity contribution is -0.145. The Kier molecular flexibility index (Phi) is 16.6. The van der Waals surface area contributed by atoms with Crippen LogP contribution in [0.15, 0.2) is 0 Å². The summed E-state index contributed by atoms with van der Waals surface area (Å²) < 4.78 is 10.2. The fourth-order valence-corrected chi connectivity index (χ4v) is 2.55. The van der Waals surface area contributed by atoms with Crippen molar-refractivity contribution >= 4 is 23.5 Å². The van der Waals surface area contributed by atoms with Crippen molar-refractivity contribution in [3.05, 3.63) is 0 Å². The Hall–Kier alpha value is -1.72. The molecule has 0 aromatic heterocycles. The minimum absolute atomic E-state index is 0.213. The molecule has 0 aromatic rings. The fraction of sp³-hybridized carbons (Fsp3) is 0.810. The van der Waals surface area contributed by atoms with Crippen LogP contribution in [0.2, 0.25) is 0 Å². The largest absolute Gasteiger partial charge is 0.466 e. The van der Waals surface area contributed by atoms with Crippen molar-refractivity contribution in [2.24, 2.45) is 0 Å². The number of carbonyl (C=O) groups excluding carboxylic acids is 4. The maximum absolute atomic E-state index is 11.6. The molecule has 0 radical (unpaired) electrons. The van der Waals surface area contributed by atoms with Crippen LogP contribution >= 0.6 is 0 Å². The van der Waals surface area contributed by atoms with E-state index in [1.165, 1.54) is 0 Å². The molecule has 6 heteroatoms. The van der Waals surface area contributed by atoms with Gasteiger partial charge in [0.25, 0.3) is 0 Å². The molecule has 0 aliphatic heterocycles. The van der Waals surface area contributed by atoms with Crippen molar-refractivity contribution in [1.82, 2.24) is 0 Å². The normalized spacial score (nSPS) is 10.4. The second-order valence-corrected chi connectivity index (χ2v) is 7.03. The zero-order chi connectivity index (χ0) is 20.3. The summed E-state index contributed by atoms with van der Waals surface area (Å²) in [5.41, 5.74) is 0. The molecule has 0 N–H and O–H groups in total. The molecule has 0 aromatic carbocycles. The van der Waals surface area contributed by atoms with Crippen LogP contribution in [0.5, 0.6) is 0 Å². The maximum Gasteiger partial charge on any atom is 0.305 e. The van der Waals surface area contributed by atoms with Gasteiger partial charge in [-0.05, 0) is 46.0 Å². The number of ketones is 2. The van der Waals surface area contributed by atoms with E-state index in [9.17, 15) is 19.2 Å². The van der Waals surface area contributed by atoms with Gasteiger partial charge >= 0.3 is 11.9 Å². The zero-order valence-electron chi connectivity index (χ0n) is 17.1. The average molecular weight is 385 g/mol. The van der Waals surface area contributed by atoms with E-state index in [0.29, 0.717) is 32.5 Å². The topological polar surface area (TPSA) is 86.7 Å². The molecule has 0 saturated heterocycles. The summed E-state index contributed by atoms with van der Waals surface area (Å²) in [6.07, 6.45) is 9.36. The van der Waals surface area contributed by atoms with E-state index in [4.69, 9.17) is 9.47 Å². The van der Waals surface area contributed by atoms with Crippen molar-refractivity contribution in [1.29, 1.82) is 0 Å². The number of unbranched alkanes of at least 4 members (excludes halogenated alkanes) is 6. The lowest BCUT2D eigenvalue weighted by Gasteiger charge is -2.06. The van der Waals surface area contributed by atoms with Crippen LogP contribution in [-0.2, 0) is 28.7 Å². The predicted octanol–water partition coefficient (Wildman–Crippen LogP) is 4.32. The zero-order valence-corrected chi connectivity index (χ0v) is 17.1. The summed E-state index contributed by atoms with van der Waals surface area (Å²) in [6.45, 7) is 3.98. The molecule has 6 nitrogen and oxygen atoms in total. The van der Waals surface area contributed by atoms with Gasteiger partial charge in [0.2, 0.25) is 0 Å². The molecule has 0 atom stereocenters. The molecule has 0 fully saturated rings. The van der Waals surface area contributed by atoms with Crippen molar-refractivity contribution < 1.29 is 28.7 Å². The first-order chi connectivity index (χ1) is 12.9. The highest BCUT2D eigenvalue weighted by Crippen LogP contribution is 2.06. The quantitative estimate of drug-likeness (QED) is 0.258. The van der Waals surface area contributed by atoms with Crippen molar-refractivity contribution in [2.45, 2.75) is 97.3 Å². The molecular formula is C21H36O6. The molecule has 27 heavy (non-hydrogen) atoms. The minimum Gasteiger partial charge on any atom is -0.466 e. The molecular weight excluding hydrogens is 348 g/mol. The third kappa shape index (κ3) is 20.4. The van der Waals surface area contributed by atoms with E-state index in [-0.39, 0.29) is 36.3 Å². The maximum atomic E-state index is 11.6. The van der Waals surface area contributed by atoms with Crippen LogP contribution in [0.3, 0.4) is 0 Å². The summed E-state index contributed by atoms with van der Waals surface area (Å²) in [6, 6.07) is 0. The Labute approximate surface area is 163 Å². The van der Waals surface area contributed by atoms with E-state index in [2.05, 4.69) is 0 Å². The van der Waals surface area contributed by atoms with Crippen molar-refractivity contribution in [3.63, 3.8) is 0 Å². The van der Waals surface area contributed by atoms with Gasteiger partial charge in [0.05, 0.1) is 13.2 Å². The standard InChI is InChI=1S/C21H36O6/c1-18(22)12-7-3-5-9-16-26-20(24)14-11-15-21(25)27-17-10-6-4-8-13-19(2)23/h3-17H2,1-2H3. The highest BCUT2D eigenvalue weighted by molar-refractivity contribution is 5.75. The molecule has 0 amide bonds. The molecule has 0 spiro atoms. The van der Waals surface area contributed by atoms with Crippen LogP contribution < -0.4 is 0 Å². The van der Waals surface area contributed by atoms with Gasteiger partial charge in [0.15, 0.2) is 0 Å². The van der Waals surface area contributed by atoms with Crippen LogP contribution in [0, 0.1) is 0 Å². The second-order valence-electron chi connectivity index (χ2n) is 7.03. The van der Waals surface area contributed by atoms with Gasteiger partial charge in [-0.3, -0.25) is 9.59 Å². The van der Waals surface area contributed by atoms with Gasteiger partial charge < -0.3 is 19.1 Å². The highest BCUT2D eigenvalue weighted by Gasteiger charge is 2.07. The van der Waals surface area contributed by atoms with Gasteiger partial charge in [-0.25, -0.2) is 0 Å². The number of hydrogen-bond acceptors (Lipinski definition) is 6. The summed E-state index contributed by atoms with van der Waals surface area (Å²) in [7, 11) is 0. The third-order valence-corrected chi connectivity index (χ3v) is 4.13. The van der Waals surface area contributed by atoms with E-state index in [1.54, 1.807) is 13.8 Å². The van der Waals surface area contributed by atoms with E-state index in [0.717, 1.165) is 51.4 Å². The minimum atomic E-state index is -0.281. The molecule has 0 aliphatic carbocycles.